The summed E-state index contributed by atoms with van der Waals surface area (Å²) in [6.07, 6.45) is 14.2. The first-order chi connectivity index (χ1) is 30.1. The highest BCUT2D eigenvalue weighted by Crippen LogP contribution is 2.58. The number of hydrogen-bond acceptors (Lipinski definition) is 4. The molecule has 2 saturated carbocycles. The highest BCUT2D eigenvalue weighted by Gasteiger charge is 2.56. The van der Waals surface area contributed by atoms with Crippen molar-refractivity contribution in [3.63, 3.8) is 0 Å². The summed E-state index contributed by atoms with van der Waals surface area (Å²) < 4.78 is 19.4. The van der Waals surface area contributed by atoms with Gasteiger partial charge in [-0.2, -0.15) is 0 Å². The van der Waals surface area contributed by atoms with Crippen LogP contribution in [0, 0.1) is 33.5 Å². The molecular formula is C58H82O4Si2. The van der Waals surface area contributed by atoms with Crippen LogP contribution < -0.4 is 20.7 Å². The van der Waals surface area contributed by atoms with Crippen LogP contribution in [0.1, 0.15) is 122 Å². The Kier molecular flexibility index (Phi) is 16.3. The van der Waals surface area contributed by atoms with Crippen LogP contribution in [0.5, 0.6) is 0 Å². The highest BCUT2D eigenvalue weighted by molar-refractivity contribution is 7.00. The van der Waals surface area contributed by atoms with E-state index in [9.17, 15) is 4.79 Å². The van der Waals surface area contributed by atoms with Gasteiger partial charge >= 0.3 is 5.97 Å². The molecule has 0 radical (unpaired) electrons. The van der Waals surface area contributed by atoms with Gasteiger partial charge in [0.2, 0.25) is 0 Å². The van der Waals surface area contributed by atoms with E-state index >= 15 is 0 Å². The average Bonchev–Trinajstić information content (AvgIpc) is 3.64. The second-order valence-corrected chi connectivity index (χ2v) is 31.0. The standard InChI is InChI=1S/C29H40O3Si.C29H42OSi/c1-27(2,3)33(24-14-10-8-11-15-24,25-16-12-9-13-17-25)32-22-23-18-20-29(6,28(23,4)5)21-19-26(30)31-7;1-8-9-21-29(7)22-20-24(28(29,5)6)23-30-31(27(2,3)4,25-16-12-10-13-17-25)26-18-14-11-15-19-26/h8-17,19,21,23H,18,20,22H2,1-7H3;9-19,21,24H,8,20,22-23H2,1-7H3/b21-19+;21-9+/t23-,29+;24-,29-/m00/s1. The molecule has 0 bridgehead atoms. The maximum Gasteiger partial charge on any atom is 0.330 e. The van der Waals surface area contributed by atoms with Gasteiger partial charge in [0, 0.05) is 19.3 Å². The fourth-order valence-electron chi connectivity index (χ4n) is 11.1. The SMILES string of the molecule is CC/C=C/[C@@]1(C)CC[C@@H](CO[Si](c2ccccc2)(c2ccccc2)C(C)(C)C)C1(C)C.COC(=O)/C=C/[C@@]1(C)CC[C@@H](CO[Si](c2ccccc2)(c2ccccc2)C(C)(C)C)C1(C)C. The lowest BCUT2D eigenvalue weighted by Crippen LogP contribution is -2.67. The van der Waals surface area contributed by atoms with Crippen molar-refractivity contribution >= 4 is 43.4 Å². The van der Waals surface area contributed by atoms with Crippen LogP contribution >= 0.6 is 0 Å². The third-order valence-electron chi connectivity index (χ3n) is 16.4. The monoisotopic (exact) mass is 899 g/mol. The summed E-state index contributed by atoms with van der Waals surface area (Å²) in [5.74, 6) is 0.658. The summed E-state index contributed by atoms with van der Waals surface area (Å²) in [4.78, 5) is 11.8. The van der Waals surface area contributed by atoms with Crippen molar-refractivity contribution in [2.24, 2.45) is 33.5 Å². The van der Waals surface area contributed by atoms with E-state index in [1.807, 2.05) is 0 Å². The number of methoxy groups -OCH3 is 1. The van der Waals surface area contributed by atoms with Crippen LogP contribution in [0.15, 0.2) is 146 Å². The number of ether oxygens (including phenoxy) is 1. The van der Waals surface area contributed by atoms with E-state index in [1.165, 1.54) is 40.7 Å². The van der Waals surface area contributed by atoms with Crippen molar-refractivity contribution in [1.29, 1.82) is 0 Å². The minimum atomic E-state index is -2.56. The van der Waals surface area contributed by atoms with Crippen molar-refractivity contribution in [2.45, 2.75) is 132 Å². The van der Waals surface area contributed by atoms with Gasteiger partial charge in [-0.1, -0.05) is 230 Å². The number of carbonyl (C=O) groups excluding carboxylic acids is 1. The van der Waals surface area contributed by atoms with Crippen LogP contribution in [-0.4, -0.2) is 42.9 Å². The minimum Gasteiger partial charge on any atom is -0.466 e. The molecule has 6 heteroatoms. The Hall–Kier alpha value is -3.82. The van der Waals surface area contributed by atoms with E-state index in [0.717, 1.165) is 25.9 Å². The summed E-state index contributed by atoms with van der Waals surface area (Å²) in [5.41, 5.74) is 0.357. The first kappa shape index (κ1) is 51.2. The predicted octanol–water partition coefficient (Wildman–Crippen LogP) is 12.7. The van der Waals surface area contributed by atoms with Crippen LogP contribution in [0.2, 0.25) is 10.1 Å². The largest absolute Gasteiger partial charge is 0.466 e. The van der Waals surface area contributed by atoms with Gasteiger partial charge in [-0.25, -0.2) is 4.79 Å². The van der Waals surface area contributed by atoms with E-state index in [1.54, 1.807) is 6.08 Å². The van der Waals surface area contributed by atoms with Crippen molar-refractivity contribution in [2.75, 3.05) is 20.3 Å². The molecule has 2 aliphatic carbocycles. The fourth-order valence-corrected chi connectivity index (χ4v) is 20.3. The average molecular weight is 899 g/mol. The Morgan fingerprint density at radius 1 is 0.562 bits per heavy atom. The molecule has 4 atom stereocenters. The first-order valence-electron chi connectivity index (χ1n) is 24.0. The molecule has 0 aromatic heterocycles. The molecule has 6 rings (SSSR count). The van der Waals surface area contributed by atoms with Crippen LogP contribution in [0.3, 0.4) is 0 Å². The van der Waals surface area contributed by atoms with E-state index in [0.29, 0.717) is 18.4 Å². The topological polar surface area (TPSA) is 44.8 Å². The van der Waals surface area contributed by atoms with Gasteiger partial charge < -0.3 is 13.6 Å². The Morgan fingerprint density at radius 2 is 0.875 bits per heavy atom. The van der Waals surface area contributed by atoms with Crippen LogP contribution in [0.25, 0.3) is 0 Å². The van der Waals surface area contributed by atoms with Gasteiger partial charge in [0.1, 0.15) is 0 Å². The zero-order valence-electron chi connectivity index (χ0n) is 42.1. The summed E-state index contributed by atoms with van der Waals surface area (Å²) in [6, 6.07) is 43.7. The van der Waals surface area contributed by atoms with E-state index in [-0.39, 0.29) is 37.7 Å². The third-order valence-corrected chi connectivity index (χ3v) is 26.4. The van der Waals surface area contributed by atoms with E-state index in [4.69, 9.17) is 13.6 Å². The Balaban J connectivity index is 0.000000241. The van der Waals surface area contributed by atoms with Gasteiger partial charge in [-0.05, 0) is 96.4 Å². The Morgan fingerprint density at radius 3 is 1.16 bits per heavy atom. The number of carbonyl (C=O) groups is 1. The molecule has 4 aromatic carbocycles. The Bertz CT molecular complexity index is 2050. The van der Waals surface area contributed by atoms with Crippen molar-refractivity contribution < 1.29 is 18.4 Å². The van der Waals surface area contributed by atoms with E-state index < -0.39 is 16.6 Å². The number of esters is 1. The van der Waals surface area contributed by atoms with Crippen molar-refractivity contribution in [3.8, 4) is 0 Å². The lowest BCUT2D eigenvalue weighted by Gasteiger charge is -2.45. The molecule has 346 valence electrons. The molecule has 0 saturated heterocycles. The predicted molar refractivity (Wildman–Crippen MR) is 277 cm³/mol. The van der Waals surface area contributed by atoms with Gasteiger partial charge in [0.15, 0.2) is 0 Å². The molecule has 0 heterocycles. The highest BCUT2D eigenvalue weighted by atomic mass is 28.4. The molecule has 2 fully saturated rings. The number of benzene rings is 4. The lowest BCUT2D eigenvalue weighted by molar-refractivity contribution is -0.134. The zero-order valence-corrected chi connectivity index (χ0v) is 44.1. The molecule has 2 aliphatic rings. The van der Waals surface area contributed by atoms with Crippen LogP contribution in [0.4, 0.5) is 0 Å². The second kappa shape index (κ2) is 20.4. The molecule has 0 N–H and O–H groups in total. The smallest absolute Gasteiger partial charge is 0.330 e. The lowest BCUT2D eigenvalue weighted by atomic mass is 9.66. The van der Waals surface area contributed by atoms with Gasteiger partial charge in [0.05, 0.1) is 7.11 Å². The fraction of sp³-hybridized carbons (Fsp3) is 0.500. The van der Waals surface area contributed by atoms with Crippen molar-refractivity contribution in [3.05, 3.63) is 146 Å². The number of rotatable bonds is 14. The maximum absolute atomic E-state index is 11.8. The van der Waals surface area contributed by atoms with Crippen molar-refractivity contribution in [1.82, 2.24) is 0 Å². The molecular weight excluding hydrogens is 817 g/mol. The maximum atomic E-state index is 11.8. The molecule has 0 amide bonds. The van der Waals surface area contributed by atoms with Gasteiger partial charge in [-0.15, -0.1) is 0 Å². The quantitative estimate of drug-likeness (QED) is 0.0547. The number of hydrogen-bond donors (Lipinski definition) is 0. The molecule has 64 heavy (non-hydrogen) atoms. The summed E-state index contributed by atoms with van der Waals surface area (Å²) in [7, 11) is -3.60. The minimum absolute atomic E-state index is 0.0110. The first-order valence-corrected chi connectivity index (χ1v) is 27.8. The molecule has 0 aliphatic heterocycles. The molecule has 4 aromatic rings. The molecule has 0 spiro atoms. The number of allylic oxidation sites excluding steroid dienone is 3. The summed E-state index contributed by atoms with van der Waals surface area (Å²) in [5, 5.41) is 5.37. The molecule has 4 nitrogen and oxygen atoms in total. The summed E-state index contributed by atoms with van der Waals surface area (Å²) in [6.45, 7) is 32.1. The normalized spacial score (nSPS) is 23.5. The van der Waals surface area contributed by atoms with Gasteiger partial charge in [-0.3, -0.25) is 0 Å². The zero-order chi connectivity index (χ0) is 47.1. The third kappa shape index (κ3) is 10.1. The van der Waals surface area contributed by atoms with Gasteiger partial charge in [0.25, 0.3) is 16.6 Å². The second-order valence-electron chi connectivity index (χ2n) is 22.4. The molecule has 0 unspecified atom stereocenters. The van der Waals surface area contributed by atoms with Crippen LogP contribution in [-0.2, 0) is 18.4 Å². The van der Waals surface area contributed by atoms with E-state index in [2.05, 4.69) is 230 Å². The summed E-state index contributed by atoms with van der Waals surface area (Å²) >= 11 is 0. The Labute approximate surface area is 391 Å².